The van der Waals surface area contributed by atoms with Gasteiger partial charge in [-0.1, -0.05) is 43.7 Å². The number of hydrogen-bond donors (Lipinski definition) is 2. The summed E-state index contributed by atoms with van der Waals surface area (Å²) in [5.41, 5.74) is 2.56. The van der Waals surface area contributed by atoms with Crippen LogP contribution < -0.4 is 10.6 Å². The Morgan fingerprint density at radius 3 is 2.64 bits per heavy atom. The van der Waals surface area contributed by atoms with Gasteiger partial charge in [-0.2, -0.15) is 0 Å². The average molecular weight is 347 g/mol. The minimum atomic E-state index is 0.515. The van der Waals surface area contributed by atoms with Crippen LogP contribution in [-0.2, 0) is 11.3 Å². The number of ether oxygens (including phenoxy) is 1. The Balaban J connectivity index is 1.85. The summed E-state index contributed by atoms with van der Waals surface area (Å²) in [5.74, 6) is 1.54. The van der Waals surface area contributed by atoms with Crippen molar-refractivity contribution in [1.82, 2.24) is 15.5 Å². The molecule has 2 rings (SSSR count). The van der Waals surface area contributed by atoms with Gasteiger partial charge >= 0.3 is 0 Å². The first-order chi connectivity index (χ1) is 12.1. The maximum Gasteiger partial charge on any atom is 0.191 e. The minimum absolute atomic E-state index is 0.515. The van der Waals surface area contributed by atoms with Gasteiger partial charge in [0.05, 0.1) is 13.2 Å². The van der Waals surface area contributed by atoms with Crippen molar-refractivity contribution in [2.45, 2.75) is 39.8 Å². The molecule has 0 aromatic heterocycles. The molecular weight excluding hydrogens is 312 g/mol. The minimum Gasteiger partial charge on any atom is -0.379 e. The molecule has 1 atom stereocenters. The normalized spacial score (nSPS) is 17.6. The molecule has 1 unspecified atom stereocenters. The molecule has 0 spiro atoms. The molecule has 0 saturated carbocycles. The zero-order chi connectivity index (χ0) is 18.1. The Morgan fingerprint density at radius 1 is 1.24 bits per heavy atom. The fraction of sp³-hybridized carbons (Fsp3) is 0.650. The number of nitrogens with one attached hydrogen (secondary N) is 2. The molecule has 1 aliphatic heterocycles. The van der Waals surface area contributed by atoms with Crippen LogP contribution in [-0.4, -0.2) is 56.8 Å². The number of nitrogens with zero attached hydrogens (tertiary/aromatic N) is 2. The van der Waals surface area contributed by atoms with E-state index in [1.165, 1.54) is 17.5 Å². The highest BCUT2D eigenvalue weighted by atomic mass is 16.5. The average Bonchev–Trinajstić information content (AvgIpc) is 2.61. The molecule has 1 fully saturated rings. The van der Waals surface area contributed by atoms with E-state index in [0.717, 1.165) is 45.4 Å². The molecule has 140 valence electrons. The largest absolute Gasteiger partial charge is 0.379 e. The molecule has 1 heterocycles. The molecule has 1 aromatic carbocycles. The van der Waals surface area contributed by atoms with Gasteiger partial charge < -0.3 is 15.4 Å². The smallest absolute Gasteiger partial charge is 0.191 e. The molecule has 1 aromatic rings. The zero-order valence-corrected chi connectivity index (χ0v) is 16.2. The number of morpholine rings is 1. The van der Waals surface area contributed by atoms with Crippen LogP contribution in [0.4, 0.5) is 0 Å². The summed E-state index contributed by atoms with van der Waals surface area (Å²) in [6.45, 7) is 12.1. The van der Waals surface area contributed by atoms with Crippen molar-refractivity contribution in [2.24, 2.45) is 10.9 Å². The van der Waals surface area contributed by atoms with Gasteiger partial charge in [0.25, 0.3) is 0 Å². The predicted molar refractivity (Wildman–Crippen MR) is 105 cm³/mol. The second kappa shape index (κ2) is 10.4. The van der Waals surface area contributed by atoms with Crippen molar-refractivity contribution in [2.75, 3.05) is 39.9 Å². The topological polar surface area (TPSA) is 48.9 Å². The summed E-state index contributed by atoms with van der Waals surface area (Å²) in [5, 5.41) is 6.93. The van der Waals surface area contributed by atoms with Gasteiger partial charge in [0.15, 0.2) is 5.96 Å². The van der Waals surface area contributed by atoms with Crippen molar-refractivity contribution in [3.8, 4) is 0 Å². The van der Waals surface area contributed by atoms with Gasteiger partial charge in [-0.3, -0.25) is 9.89 Å². The molecule has 0 amide bonds. The highest BCUT2D eigenvalue weighted by molar-refractivity contribution is 5.79. The van der Waals surface area contributed by atoms with E-state index in [1.807, 2.05) is 7.05 Å². The van der Waals surface area contributed by atoms with E-state index in [1.54, 1.807) is 0 Å². The van der Waals surface area contributed by atoms with Gasteiger partial charge in [-0.25, -0.2) is 0 Å². The van der Waals surface area contributed by atoms with Gasteiger partial charge in [0.2, 0.25) is 0 Å². The van der Waals surface area contributed by atoms with E-state index in [-0.39, 0.29) is 0 Å². The third-order valence-electron chi connectivity index (χ3n) is 4.58. The van der Waals surface area contributed by atoms with Crippen LogP contribution in [0.5, 0.6) is 0 Å². The van der Waals surface area contributed by atoms with Crippen molar-refractivity contribution >= 4 is 5.96 Å². The van der Waals surface area contributed by atoms with Crippen LogP contribution in [0.15, 0.2) is 29.3 Å². The highest BCUT2D eigenvalue weighted by Gasteiger charge is 2.22. The second-order valence-corrected chi connectivity index (χ2v) is 7.23. The fourth-order valence-corrected chi connectivity index (χ4v) is 3.29. The monoisotopic (exact) mass is 346 g/mol. The lowest BCUT2D eigenvalue weighted by Gasteiger charge is -2.35. The van der Waals surface area contributed by atoms with E-state index in [4.69, 9.17) is 4.74 Å². The van der Waals surface area contributed by atoms with Gasteiger partial charge in [-0.05, 0) is 24.8 Å². The van der Waals surface area contributed by atoms with E-state index in [2.05, 4.69) is 65.6 Å². The number of aliphatic imine (C=N–C) groups is 1. The molecular formula is C20H34N4O. The Morgan fingerprint density at radius 2 is 2.00 bits per heavy atom. The Hall–Kier alpha value is -1.59. The number of hydrogen-bond acceptors (Lipinski definition) is 3. The molecule has 25 heavy (non-hydrogen) atoms. The Kier molecular flexibility index (Phi) is 8.22. The first-order valence-electron chi connectivity index (χ1n) is 9.40. The Bertz CT molecular complexity index is 538. The molecule has 0 radical (unpaired) electrons. The maximum absolute atomic E-state index is 5.50. The lowest BCUT2D eigenvalue weighted by molar-refractivity contribution is 0.0132. The molecule has 2 N–H and O–H groups in total. The van der Waals surface area contributed by atoms with Crippen LogP contribution >= 0.6 is 0 Å². The van der Waals surface area contributed by atoms with Gasteiger partial charge in [0.1, 0.15) is 0 Å². The predicted octanol–water partition coefficient (Wildman–Crippen LogP) is 2.41. The lowest BCUT2D eigenvalue weighted by atomic mass is 10.0. The van der Waals surface area contributed by atoms with Crippen LogP contribution in [0.1, 0.15) is 31.4 Å². The maximum atomic E-state index is 5.50. The number of benzene rings is 1. The molecule has 5 heteroatoms. The van der Waals surface area contributed by atoms with Crippen molar-refractivity contribution < 1.29 is 4.74 Å². The van der Waals surface area contributed by atoms with Crippen LogP contribution in [0.25, 0.3) is 0 Å². The SMILES string of the molecule is CN=C(NCc1cccc(C)c1)NCC(CC(C)C)N1CCOCC1. The van der Waals surface area contributed by atoms with E-state index in [9.17, 15) is 0 Å². The standard InChI is InChI=1S/C20H34N4O/c1-16(2)12-19(24-8-10-25-11-9-24)15-23-20(21-4)22-14-18-7-5-6-17(3)13-18/h5-7,13,16,19H,8-12,14-15H2,1-4H3,(H2,21,22,23). The molecule has 5 nitrogen and oxygen atoms in total. The quantitative estimate of drug-likeness (QED) is 0.588. The summed E-state index contributed by atoms with van der Waals surface area (Å²) in [7, 11) is 1.83. The number of aryl methyl sites for hydroxylation is 1. The van der Waals surface area contributed by atoms with Gasteiger partial charge in [-0.15, -0.1) is 0 Å². The van der Waals surface area contributed by atoms with Crippen molar-refractivity contribution in [1.29, 1.82) is 0 Å². The van der Waals surface area contributed by atoms with E-state index in [0.29, 0.717) is 12.0 Å². The molecule has 0 aliphatic carbocycles. The summed E-state index contributed by atoms with van der Waals surface area (Å²) in [6.07, 6.45) is 1.18. The second-order valence-electron chi connectivity index (χ2n) is 7.23. The summed E-state index contributed by atoms with van der Waals surface area (Å²) >= 11 is 0. The third-order valence-corrected chi connectivity index (χ3v) is 4.58. The zero-order valence-electron chi connectivity index (χ0n) is 16.2. The summed E-state index contributed by atoms with van der Waals surface area (Å²) in [6, 6.07) is 9.08. The van der Waals surface area contributed by atoms with Crippen LogP contribution in [0.3, 0.4) is 0 Å². The lowest BCUT2D eigenvalue weighted by Crippen LogP contribution is -2.50. The van der Waals surface area contributed by atoms with E-state index >= 15 is 0 Å². The fourth-order valence-electron chi connectivity index (χ4n) is 3.29. The summed E-state index contributed by atoms with van der Waals surface area (Å²) < 4.78 is 5.50. The molecule has 0 bridgehead atoms. The first-order valence-corrected chi connectivity index (χ1v) is 9.40. The van der Waals surface area contributed by atoms with Gasteiger partial charge in [0, 0.05) is 39.3 Å². The molecule has 1 aliphatic rings. The molecule has 1 saturated heterocycles. The summed E-state index contributed by atoms with van der Waals surface area (Å²) in [4.78, 5) is 6.92. The Labute approximate surface area is 152 Å². The van der Waals surface area contributed by atoms with Crippen LogP contribution in [0, 0.1) is 12.8 Å². The highest BCUT2D eigenvalue weighted by Crippen LogP contribution is 2.13. The van der Waals surface area contributed by atoms with Crippen LogP contribution in [0.2, 0.25) is 0 Å². The third kappa shape index (κ3) is 7.04. The van der Waals surface area contributed by atoms with Crippen molar-refractivity contribution in [3.63, 3.8) is 0 Å². The first kappa shape index (κ1) is 19.7. The van der Waals surface area contributed by atoms with Crippen molar-refractivity contribution in [3.05, 3.63) is 35.4 Å². The van der Waals surface area contributed by atoms with E-state index < -0.39 is 0 Å². The number of guanidine groups is 1. The number of rotatable bonds is 7.